The molecule has 2 aromatic rings. The molecule has 0 bridgehead atoms. The second-order valence-electron chi connectivity index (χ2n) is 4.89. The van der Waals surface area contributed by atoms with Gasteiger partial charge in [-0.15, -0.1) is 11.3 Å². The van der Waals surface area contributed by atoms with E-state index in [1.54, 1.807) is 19.2 Å². The molecule has 0 saturated carbocycles. The Hall–Kier alpha value is -1.37. The van der Waals surface area contributed by atoms with Gasteiger partial charge in [0.05, 0.1) is 5.69 Å². The third-order valence-corrected chi connectivity index (χ3v) is 6.64. The monoisotopic (exact) mass is 324 g/mol. The number of aryl methyl sites for hydroxylation is 1. The first-order valence-electron chi connectivity index (χ1n) is 6.74. The summed E-state index contributed by atoms with van der Waals surface area (Å²) in [6, 6.07) is 11.1. The van der Waals surface area contributed by atoms with E-state index >= 15 is 0 Å². The zero-order valence-electron chi connectivity index (χ0n) is 12.5. The highest BCUT2D eigenvalue weighted by atomic mass is 32.2. The molecule has 1 N–H and O–H groups in total. The molecule has 6 heteroatoms. The van der Waals surface area contributed by atoms with Gasteiger partial charge in [0.25, 0.3) is 10.0 Å². The minimum absolute atomic E-state index is 0.387. The fourth-order valence-corrected chi connectivity index (χ4v) is 4.69. The largest absolute Gasteiger partial charge is 0.319 e. The van der Waals surface area contributed by atoms with Gasteiger partial charge in [-0.1, -0.05) is 12.1 Å². The van der Waals surface area contributed by atoms with Crippen molar-refractivity contribution in [3.63, 3.8) is 0 Å². The van der Waals surface area contributed by atoms with Gasteiger partial charge >= 0.3 is 0 Å². The van der Waals surface area contributed by atoms with E-state index in [-0.39, 0.29) is 0 Å². The molecule has 0 aliphatic heterocycles. The molecule has 0 fully saturated rings. The van der Waals surface area contributed by atoms with Gasteiger partial charge in [0.2, 0.25) is 0 Å². The van der Waals surface area contributed by atoms with Crippen LogP contribution in [0.5, 0.6) is 0 Å². The molecule has 2 rings (SSSR count). The SMILES string of the molecule is CNCCc1ccc(S(=O)(=O)N(C)c2cccc(C)c2)s1. The van der Waals surface area contributed by atoms with Gasteiger partial charge < -0.3 is 5.32 Å². The van der Waals surface area contributed by atoms with Crippen molar-refractivity contribution in [3.05, 3.63) is 46.8 Å². The zero-order valence-corrected chi connectivity index (χ0v) is 14.1. The lowest BCUT2D eigenvalue weighted by Crippen LogP contribution is -2.25. The second kappa shape index (κ2) is 6.60. The summed E-state index contributed by atoms with van der Waals surface area (Å²) in [6.45, 7) is 2.79. The number of likely N-dealkylation sites (N-methyl/N-ethyl adjacent to an activating group) is 1. The molecular formula is C15H20N2O2S2. The standard InChI is InChI=1S/C15H20N2O2S2/c1-12-5-4-6-13(11-12)17(3)21(18,19)15-8-7-14(20-15)9-10-16-2/h4-8,11,16H,9-10H2,1-3H3. The van der Waals surface area contributed by atoms with Gasteiger partial charge in [-0.3, -0.25) is 4.31 Å². The van der Waals surface area contributed by atoms with Gasteiger partial charge in [-0.2, -0.15) is 0 Å². The van der Waals surface area contributed by atoms with Crippen molar-refractivity contribution in [2.45, 2.75) is 17.6 Å². The Morgan fingerprint density at radius 1 is 1.24 bits per heavy atom. The summed E-state index contributed by atoms with van der Waals surface area (Å²) in [5, 5.41) is 3.07. The predicted molar refractivity (Wildman–Crippen MR) is 88.7 cm³/mol. The molecule has 0 amide bonds. The maximum Gasteiger partial charge on any atom is 0.273 e. The molecule has 4 nitrogen and oxygen atoms in total. The minimum Gasteiger partial charge on any atom is -0.319 e. The van der Waals surface area contributed by atoms with E-state index in [4.69, 9.17) is 0 Å². The molecule has 0 spiro atoms. The van der Waals surface area contributed by atoms with Crippen LogP contribution < -0.4 is 9.62 Å². The highest BCUT2D eigenvalue weighted by Gasteiger charge is 2.23. The fourth-order valence-electron chi connectivity index (χ4n) is 1.98. The molecule has 0 saturated heterocycles. The summed E-state index contributed by atoms with van der Waals surface area (Å²) in [7, 11) is -0.00152. The summed E-state index contributed by atoms with van der Waals surface area (Å²) in [5.74, 6) is 0. The van der Waals surface area contributed by atoms with Crippen LogP contribution >= 0.6 is 11.3 Å². The molecule has 1 aromatic carbocycles. The van der Waals surface area contributed by atoms with Crippen LogP contribution in [0.15, 0.2) is 40.6 Å². The summed E-state index contributed by atoms with van der Waals surface area (Å²) < 4.78 is 27.0. The number of nitrogens with zero attached hydrogens (tertiary/aromatic N) is 1. The molecule has 0 atom stereocenters. The van der Waals surface area contributed by atoms with Crippen LogP contribution in [0, 0.1) is 6.92 Å². The average molecular weight is 324 g/mol. The molecule has 114 valence electrons. The van der Waals surface area contributed by atoms with Crippen LogP contribution in [-0.2, 0) is 16.4 Å². The van der Waals surface area contributed by atoms with Crippen molar-refractivity contribution >= 4 is 27.0 Å². The first-order chi connectivity index (χ1) is 9.95. The van der Waals surface area contributed by atoms with Gasteiger partial charge in [-0.05, 0) is 56.8 Å². The second-order valence-corrected chi connectivity index (χ2v) is 8.25. The summed E-state index contributed by atoms with van der Waals surface area (Å²) in [4.78, 5) is 1.07. The van der Waals surface area contributed by atoms with E-state index in [9.17, 15) is 8.42 Å². The van der Waals surface area contributed by atoms with Gasteiger partial charge in [0.1, 0.15) is 4.21 Å². The molecule has 1 aromatic heterocycles. The smallest absolute Gasteiger partial charge is 0.273 e. The third-order valence-electron chi connectivity index (χ3n) is 3.24. The molecule has 0 unspecified atom stereocenters. The minimum atomic E-state index is -3.48. The van der Waals surface area contributed by atoms with E-state index in [2.05, 4.69) is 5.32 Å². The normalized spacial score (nSPS) is 11.6. The number of anilines is 1. The predicted octanol–water partition coefficient (Wildman–Crippen LogP) is 2.64. The van der Waals surface area contributed by atoms with Gasteiger partial charge in [-0.25, -0.2) is 8.42 Å². The summed E-state index contributed by atoms with van der Waals surface area (Å²) >= 11 is 1.34. The van der Waals surface area contributed by atoms with Crippen molar-refractivity contribution in [3.8, 4) is 0 Å². The van der Waals surface area contributed by atoms with Crippen LogP contribution in [0.4, 0.5) is 5.69 Å². The first-order valence-corrected chi connectivity index (χ1v) is 8.99. The number of sulfonamides is 1. The van der Waals surface area contributed by atoms with Crippen LogP contribution in [0.2, 0.25) is 0 Å². The van der Waals surface area contributed by atoms with Crippen molar-refractivity contribution in [2.24, 2.45) is 0 Å². The van der Waals surface area contributed by atoms with E-state index in [1.807, 2.05) is 38.2 Å². The Kier molecular flexibility index (Phi) is 5.03. The Labute approximate surface area is 130 Å². The lowest BCUT2D eigenvalue weighted by molar-refractivity contribution is 0.596. The number of hydrogen-bond donors (Lipinski definition) is 1. The quantitative estimate of drug-likeness (QED) is 0.889. The topological polar surface area (TPSA) is 49.4 Å². The Bertz CT molecular complexity index is 708. The van der Waals surface area contributed by atoms with E-state index in [0.29, 0.717) is 9.90 Å². The number of benzene rings is 1. The van der Waals surface area contributed by atoms with Crippen molar-refractivity contribution in [1.82, 2.24) is 5.32 Å². The van der Waals surface area contributed by atoms with E-state index in [0.717, 1.165) is 23.4 Å². The van der Waals surface area contributed by atoms with E-state index < -0.39 is 10.0 Å². The van der Waals surface area contributed by atoms with Crippen LogP contribution in [0.25, 0.3) is 0 Å². The molecule has 0 aliphatic rings. The molecule has 1 heterocycles. The molecule has 0 radical (unpaired) electrons. The lowest BCUT2D eigenvalue weighted by atomic mass is 10.2. The lowest BCUT2D eigenvalue weighted by Gasteiger charge is -2.18. The number of hydrogen-bond acceptors (Lipinski definition) is 4. The van der Waals surface area contributed by atoms with Crippen molar-refractivity contribution in [1.29, 1.82) is 0 Å². The molecule has 0 aliphatic carbocycles. The number of thiophene rings is 1. The van der Waals surface area contributed by atoms with Gasteiger partial charge in [0, 0.05) is 11.9 Å². The third kappa shape index (κ3) is 3.64. The first kappa shape index (κ1) is 16.0. The molecular weight excluding hydrogens is 304 g/mol. The van der Waals surface area contributed by atoms with Crippen LogP contribution in [-0.4, -0.2) is 29.1 Å². The van der Waals surface area contributed by atoms with E-state index in [1.165, 1.54) is 15.6 Å². The zero-order chi connectivity index (χ0) is 15.5. The Balaban J connectivity index is 2.26. The van der Waals surface area contributed by atoms with Crippen molar-refractivity contribution in [2.75, 3.05) is 24.9 Å². The van der Waals surface area contributed by atoms with Crippen LogP contribution in [0.3, 0.4) is 0 Å². The van der Waals surface area contributed by atoms with Crippen molar-refractivity contribution < 1.29 is 8.42 Å². The molecule has 21 heavy (non-hydrogen) atoms. The maximum atomic E-state index is 12.7. The highest BCUT2D eigenvalue weighted by Crippen LogP contribution is 2.28. The summed E-state index contributed by atoms with van der Waals surface area (Å²) in [5.41, 5.74) is 1.72. The van der Waals surface area contributed by atoms with Gasteiger partial charge in [0.15, 0.2) is 0 Å². The number of nitrogens with one attached hydrogen (secondary N) is 1. The highest BCUT2D eigenvalue weighted by molar-refractivity contribution is 7.94. The maximum absolute atomic E-state index is 12.7. The fraction of sp³-hybridized carbons (Fsp3) is 0.333. The summed E-state index contributed by atoms with van der Waals surface area (Å²) in [6.07, 6.45) is 0.838. The Morgan fingerprint density at radius 3 is 2.67 bits per heavy atom. The van der Waals surface area contributed by atoms with Crippen LogP contribution in [0.1, 0.15) is 10.4 Å². The Morgan fingerprint density at radius 2 is 2.00 bits per heavy atom. The average Bonchev–Trinajstić information content (AvgIpc) is 2.93. The number of rotatable bonds is 6.